The first-order valence-corrected chi connectivity index (χ1v) is 8.51. The van der Waals surface area contributed by atoms with Crippen LogP contribution in [0.3, 0.4) is 0 Å². The van der Waals surface area contributed by atoms with Crippen molar-refractivity contribution in [2.75, 3.05) is 11.9 Å². The number of rotatable bonds is 6. The second-order valence-corrected chi connectivity index (χ2v) is 6.48. The zero-order chi connectivity index (χ0) is 16.1. The van der Waals surface area contributed by atoms with Gasteiger partial charge >= 0.3 is 0 Å². The zero-order valence-electron chi connectivity index (χ0n) is 12.0. The zero-order valence-corrected chi connectivity index (χ0v) is 14.4. The smallest absolute Gasteiger partial charge is 0.250 e. The normalized spacial score (nSPS) is 10.7. The van der Waals surface area contributed by atoms with Crippen molar-refractivity contribution in [3.05, 3.63) is 58.0 Å². The first-order valence-electron chi connectivity index (χ1n) is 6.84. The highest BCUT2D eigenvalue weighted by Gasteiger charge is 2.09. The van der Waals surface area contributed by atoms with Crippen molar-refractivity contribution >= 4 is 38.9 Å². The van der Waals surface area contributed by atoms with Crippen LogP contribution in [-0.4, -0.2) is 17.7 Å². The van der Waals surface area contributed by atoms with Gasteiger partial charge in [-0.2, -0.15) is 0 Å². The Balaban J connectivity index is 1.48. The lowest BCUT2D eigenvalue weighted by atomic mass is 10.3. The Labute approximate surface area is 145 Å². The van der Waals surface area contributed by atoms with Gasteiger partial charge in [0, 0.05) is 10.5 Å². The molecule has 0 atom stereocenters. The summed E-state index contributed by atoms with van der Waals surface area (Å²) in [6, 6.07) is 13.1. The van der Waals surface area contributed by atoms with Crippen LogP contribution in [0.2, 0.25) is 0 Å². The van der Waals surface area contributed by atoms with Gasteiger partial charge < -0.3 is 14.6 Å². The van der Waals surface area contributed by atoms with Gasteiger partial charge in [0.1, 0.15) is 12.3 Å². The summed E-state index contributed by atoms with van der Waals surface area (Å²) in [7, 11) is 0. The van der Waals surface area contributed by atoms with E-state index in [9.17, 15) is 4.79 Å². The fraction of sp³-hybridized carbons (Fsp3) is 0.125. The molecule has 0 aliphatic rings. The molecule has 3 aromatic rings. The topological polar surface area (TPSA) is 64.4 Å². The molecule has 5 nitrogen and oxygen atoms in total. The number of amides is 1. The molecule has 0 aliphatic carbocycles. The quantitative estimate of drug-likeness (QED) is 0.678. The van der Waals surface area contributed by atoms with Crippen molar-refractivity contribution in [1.29, 1.82) is 0 Å². The summed E-state index contributed by atoms with van der Waals surface area (Å²) in [6.45, 7) is 0.167. The molecule has 1 amide bonds. The Bertz CT molecular complexity index is 786. The van der Waals surface area contributed by atoms with Gasteiger partial charge in [0.25, 0.3) is 0 Å². The molecule has 23 heavy (non-hydrogen) atoms. The van der Waals surface area contributed by atoms with E-state index in [1.165, 1.54) is 0 Å². The average molecular weight is 393 g/mol. The molecule has 0 radical (unpaired) electrons. The maximum absolute atomic E-state index is 11.8. The van der Waals surface area contributed by atoms with Crippen molar-refractivity contribution in [2.24, 2.45) is 0 Å². The number of hydrogen-bond donors (Lipinski definition) is 1. The second-order valence-electron chi connectivity index (χ2n) is 4.68. The SMILES string of the molecule is O=C(COCc1cc(-c2cccs2)on1)Nc1ccccc1Br. The third-order valence-corrected chi connectivity index (χ3v) is 4.53. The Morgan fingerprint density at radius 1 is 1.30 bits per heavy atom. The molecule has 118 valence electrons. The molecule has 1 N–H and O–H groups in total. The van der Waals surface area contributed by atoms with Gasteiger partial charge in [-0.05, 0) is 39.5 Å². The van der Waals surface area contributed by atoms with E-state index in [0.29, 0.717) is 17.1 Å². The number of anilines is 1. The summed E-state index contributed by atoms with van der Waals surface area (Å²) in [5, 5.41) is 8.68. The number of nitrogens with zero attached hydrogens (tertiary/aromatic N) is 1. The predicted octanol–water partition coefficient (Wildman–Crippen LogP) is 4.32. The highest BCUT2D eigenvalue weighted by Crippen LogP contribution is 2.25. The van der Waals surface area contributed by atoms with Crippen molar-refractivity contribution in [3.8, 4) is 10.6 Å². The van der Waals surface area contributed by atoms with Crippen LogP contribution in [0.1, 0.15) is 5.69 Å². The van der Waals surface area contributed by atoms with E-state index in [4.69, 9.17) is 9.26 Å². The lowest BCUT2D eigenvalue weighted by Crippen LogP contribution is -2.18. The number of aromatic nitrogens is 1. The van der Waals surface area contributed by atoms with E-state index < -0.39 is 0 Å². The monoisotopic (exact) mass is 392 g/mol. The van der Waals surface area contributed by atoms with Crippen molar-refractivity contribution in [1.82, 2.24) is 5.16 Å². The predicted molar refractivity (Wildman–Crippen MR) is 92.2 cm³/mol. The first-order chi connectivity index (χ1) is 11.2. The number of nitrogens with one attached hydrogen (secondary N) is 1. The van der Waals surface area contributed by atoms with E-state index in [-0.39, 0.29) is 19.1 Å². The molecule has 7 heteroatoms. The van der Waals surface area contributed by atoms with E-state index in [1.54, 1.807) is 11.3 Å². The summed E-state index contributed by atoms with van der Waals surface area (Å²) in [4.78, 5) is 12.9. The molecular formula is C16H13BrN2O3S. The highest BCUT2D eigenvalue weighted by atomic mass is 79.9. The van der Waals surface area contributed by atoms with Crippen LogP contribution in [-0.2, 0) is 16.1 Å². The number of carbonyl (C=O) groups excluding carboxylic acids is 1. The Morgan fingerprint density at radius 3 is 2.96 bits per heavy atom. The molecule has 0 fully saturated rings. The minimum absolute atomic E-state index is 0.0530. The molecular weight excluding hydrogens is 380 g/mol. The van der Waals surface area contributed by atoms with Gasteiger partial charge in [-0.3, -0.25) is 4.79 Å². The maximum Gasteiger partial charge on any atom is 0.250 e. The maximum atomic E-state index is 11.8. The van der Waals surface area contributed by atoms with Crippen LogP contribution >= 0.6 is 27.3 Å². The summed E-state index contributed by atoms with van der Waals surface area (Å²) in [5.74, 6) is 0.482. The van der Waals surface area contributed by atoms with Gasteiger partial charge in [-0.25, -0.2) is 0 Å². The standard InChI is InChI=1S/C16H13BrN2O3S/c17-12-4-1-2-5-13(12)18-16(20)10-21-9-11-8-14(22-19-11)15-6-3-7-23-15/h1-8H,9-10H2,(H,18,20). The van der Waals surface area contributed by atoms with Crippen LogP contribution in [0.4, 0.5) is 5.69 Å². The van der Waals surface area contributed by atoms with Crippen LogP contribution in [0, 0.1) is 0 Å². The minimum Gasteiger partial charge on any atom is -0.365 e. The summed E-state index contributed by atoms with van der Waals surface area (Å²) < 4.78 is 11.5. The molecule has 2 heterocycles. The van der Waals surface area contributed by atoms with Crippen LogP contribution < -0.4 is 5.32 Å². The second kappa shape index (κ2) is 7.54. The van der Waals surface area contributed by atoms with Gasteiger partial charge in [0.2, 0.25) is 5.91 Å². The fourth-order valence-corrected chi connectivity index (χ4v) is 2.97. The third-order valence-electron chi connectivity index (χ3n) is 2.95. The fourth-order valence-electron chi connectivity index (χ4n) is 1.91. The average Bonchev–Trinajstić information content (AvgIpc) is 3.20. The number of para-hydroxylation sites is 1. The summed E-state index contributed by atoms with van der Waals surface area (Å²) >= 11 is 4.95. The largest absolute Gasteiger partial charge is 0.365 e. The van der Waals surface area contributed by atoms with E-state index >= 15 is 0 Å². The number of hydrogen-bond acceptors (Lipinski definition) is 5. The van der Waals surface area contributed by atoms with Gasteiger partial charge in [0.05, 0.1) is 17.2 Å². The van der Waals surface area contributed by atoms with Crippen molar-refractivity contribution in [3.63, 3.8) is 0 Å². The van der Waals surface area contributed by atoms with Crippen molar-refractivity contribution < 1.29 is 14.1 Å². The molecule has 0 aliphatic heterocycles. The minimum atomic E-state index is -0.223. The molecule has 2 aromatic heterocycles. The number of thiophene rings is 1. The number of carbonyl (C=O) groups is 1. The van der Waals surface area contributed by atoms with Crippen LogP contribution in [0.15, 0.2) is 56.8 Å². The van der Waals surface area contributed by atoms with Crippen molar-refractivity contribution in [2.45, 2.75) is 6.61 Å². The third kappa shape index (κ3) is 4.28. The Kier molecular flexibility index (Phi) is 5.22. The van der Waals surface area contributed by atoms with E-state index in [1.807, 2.05) is 47.8 Å². The molecule has 0 saturated carbocycles. The highest BCUT2D eigenvalue weighted by molar-refractivity contribution is 9.10. The summed E-state index contributed by atoms with van der Waals surface area (Å²) in [6.07, 6.45) is 0. The van der Waals surface area contributed by atoms with E-state index in [2.05, 4.69) is 26.4 Å². The molecule has 0 bridgehead atoms. The number of ether oxygens (including phenoxy) is 1. The Morgan fingerprint density at radius 2 is 2.17 bits per heavy atom. The molecule has 0 saturated heterocycles. The molecule has 1 aromatic carbocycles. The van der Waals surface area contributed by atoms with Gasteiger partial charge in [-0.15, -0.1) is 11.3 Å². The lowest BCUT2D eigenvalue weighted by Gasteiger charge is -2.06. The molecule has 3 rings (SSSR count). The number of benzene rings is 1. The Hall–Kier alpha value is -1.96. The van der Waals surface area contributed by atoms with Crippen LogP contribution in [0.5, 0.6) is 0 Å². The van der Waals surface area contributed by atoms with Gasteiger partial charge in [0.15, 0.2) is 5.76 Å². The molecule has 0 spiro atoms. The van der Waals surface area contributed by atoms with Gasteiger partial charge in [-0.1, -0.05) is 23.4 Å². The van der Waals surface area contributed by atoms with Crippen LogP contribution in [0.25, 0.3) is 10.6 Å². The molecule has 0 unspecified atom stereocenters. The summed E-state index contributed by atoms with van der Waals surface area (Å²) in [5.41, 5.74) is 1.37. The van der Waals surface area contributed by atoms with E-state index in [0.717, 1.165) is 9.35 Å². The number of halogens is 1. The first kappa shape index (κ1) is 15.9. The lowest BCUT2D eigenvalue weighted by molar-refractivity contribution is -0.121.